The number of H-pyrrole nitrogens is 1. The van der Waals surface area contributed by atoms with Crippen LogP contribution in [0.25, 0.3) is 11.2 Å². The fourth-order valence-corrected chi connectivity index (χ4v) is 3.05. The summed E-state index contributed by atoms with van der Waals surface area (Å²) in [7, 11) is -4.38. The molecule has 21 heavy (non-hydrogen) atoms. The second kappa shape index (κ2) is 4.78. The van der Waals surface area contributed by atoms with E-state index in [9.17, 15) is 19.1 Å². The van der Waals surface area contributed by atoms with Gasteiger partial charge in [-0.1, -0.05) is 0 Å². The molecule has 1 aliphatic heterocycles. The van der Waals surface area contributed by atoms with Crippen LogP contribution in [0, 0.1) is 0 Å². The lowest BCUT2D eigenvalue weighted by Crippen LogP contribution is -2.19. The molecule has 0 radical (unpaired) electrons. The number of nitrogens with two attached hydrogens (primary N) is 1. The van der Waals surface area contributed by atoms with Gasteiger partial charge in [-0.2, -0.15) is 4.98 Å². The SMILES string of the molecule is Nc1nc2c(ncn2C[C@@H]2OCC=C2P(=O)(O)O)c(=O)[nH]1. The Morgan fingerprint density at radius 1 is 1.57 bits per heavy atom. The molecule has 3 heterocycles. The number of fused-ring (bicyclic) bond motifs is 1. The number of hydrogen-bond donors (Lipinski definition) is 4. The maximum absolute atomic E-state index is 11.7. The third kappa shape index (κ3) is 2.49. The van der Waals surface area contributed by atoms with Gasteiger partial charge in [0.15, 0.2) is 11.2 Å². The molecule has 112 valence electrons. The van der Waals surface area contributed by atoms with Crippen molar-refractivity contribution in [3.8, 4) is 0 Å². The van der Waals surface area contributed by atoms with E-state index >= 15 is 0 Å². The average Bonchev–Trinajstić information content (AvgIpc) is 2.97. The van der Waals surface area contributed by atoms with Gasteiger partial charge < -0.3 is 24.8 Å². The quantitative estimate of drug-likeness (QED) is 0.534. The van der Waals surface area contributed by atoms with E-state index in [1.54, 1.807) is 0 Å². The number of rotatable bonds is 3. The van der Waals surface area contributed by atoms with Gasteiger partial charge in [-0.3, -0.25) is 14.3 Å². The molecule has 2 aromatic rings. The monoisotopic (exact) mass is 313 g/mol. The van der Waals surface area contributed by atoms with Crippen LogP contribution >= 0.6 is 7.60 Å². The normalized spacial score (nSPS) is 19.1. The van der Waals surface area contributed by atoms with Crippen molar-refractivity contribution in [3.63, 3.8) is 0 Å². The summed E-state index contributed by atoms with van der Waals surface area (Å²) in [5.41, 5.74) is 5.34. The van der Waals surface area contributed by atoms with Gasteiger partial charge in [0.25, 0.3) is 5.56 Å². The van der Waals surface area contributed by atoms with Crippen molar-refractivity contribution in [1.82, 2.24) is 19.5 Å². The zero-order valence-electron chi connectivity index (χ0n) is 10.6. The van der Waals surface area contributed by atoms with E-state index in [1.807, 2.05) is 0 Å². The first-order valence-corrected chi connectivity index (χ1v) is 7.56. The van der Waals surface area contributed by atoms with Crippen molar-refractivity contribution in [2.75, 3.05) is 12.3 Å². The third-order valence-electron chi connectivity index (χ3n) is 3.11. The molecule has 0 fully saturated rings. The van der Waals surface area contributed by atoms with Crippen LogP contribution in [0.3, 0.4) is 0 Å². The van der Waals surface area contributed by atoms with E-state index in [0.29, 0.717) is 0 Å². The molecule has 0 saturated carbocycles. The predicted molar refractivity (Wildman–Crippen MR) is 72.4 cm³/mol. The summed E-state index contributed by atoms with van der Waals surface area (Å²) in [5.74, 6) is -0.0626. The molecule has 1 aliphatic rings. The molecule has 0 unspecified atom stereocenters. The number of aromatic nitrogens is 4. The first-order chi connectivity index (χ1) is 9.86. The molecule has 3 rings (SSSR count). The summed E-state index contributed by atoms with van der Waals surface area (Å²) in [5, 5.41) is -0.0813. The van der Waals surface area contributed by atoms with E-state index in [0.717, 1.165) is 0 Å². The molecule has 0 spiro atoms. The van der Waals surface area contributed by atoms with Crippen LogP contribution in [0.2, 0.25) is 0 Å². The highest BCUT2D eigenvalue weighted by molar-refractivity contribution is 7.56. The number of imidazole rings is 1. The summed E-state index contributed by atoms with van der Waals surface area (Å²) in [4.78, 5) is 40.4. The second-order valence-corrected chi connectivity index (χ2v) is 6.12. The lowest BCUT2D eigenvalue weighted by Gasteiger charge is -2.16. The van der Waals surface area contributed by atoms with Gasteiger partial charge in [0.05, 0.1) is 24.8 Å². The highest BCUT2D eigenvalue weighted by Gasteiger charge is 2.33. The maximum atomic E-state index is 11.7. The molecule has 2 aromatic heterocycles. The number of nitrogens with one attached hydrogen (secondary N) is 1. The molecular formula is C10H12N5O5P. The minimum Gasteiger partial charge on any atom is -0.369 e. The molecular weight excluding hydrogens is 301 g/mol. The lowest BCUT2D eigenvalue weighted by atomic mass is 10.3. The minimum atomic E-state index is -4.38. The first kappa shape index (κ1) is 14.0. The van der Waals surface area contributed by atoms with Gasteiger partial charge >= 0.3 is 7.60 Å². The Balaban J connectivity index is 1.98. The van der Waals surface area contributed by atoms with Gasteiger partial charge in [-0.25, -0.2) is 4.98 Å². The van der Waals surface area contributed by atoms with E-state index in [1.165, 1.54) is 17.0 Å². The van der Waals surface area contributed by atoms with Crippen molar-refractivity contribution >= 4 is 24.7 Å². The van der Waals surface area contributed by atoms with Crippen molar-refractivity contribution in [3.05, 3.63) is 28.1 Å². The maximum Gasteiger partial charge on any atom is 0.354 e. The first-order valence-electron chi connectivity index (χ1n) is 5.94. The largest absolute Gasteiger partial charge is 0.369 e. The van der Waals surface area contributed by atoms with Crippen LogP contribution in [0.15, 0.2) is 22.5 Å². The summed E-state index contributed by atoms with van der Waals surface area (Å²) < 4.78 is 18.1. The van der Waals surface area contributed by atoms with Crippen LogP contribution in [0.4, 0.5) is 5.95 Å². The third-order valence-corrected chi connectivity index (χ3v) is 4.25. The van der Waals surface area contributed by atoms with Gasteiger partial charge in [0, 0.05) is 0 Å². The number of ether oxygens (including phenoxy) is 1. The molecule has 0 amide bonds. The van der Waals surface area contributed by atoms with Crippen molar-refractivity contribution in [2.45, 2.75) is 12.6 Å². The predicted octanol–water partition coefficient (Wildman–Crippen LogP) is -0.838. The van der Waals surface area contributed by atoms with E-state index in [4.69, 9.17) is 10.5 Å². The van der Waals surface area contributed by atoms with E-state index < -0.39 is 19.3 Å². The highest BCUT2D eigenvalue weighted by Crippen LogP contribution is 2.49. The molecule has 0 aliphatic carbocycles. The Morgan fingerprint density at radius 2 is 2.33 bits per heavy atom. The molecule has 0 saturated heterocycles. The van der Waals surface area contributed by atoms with E-state index in [2.05, 4.69) is 15.0 Å². The lowest BCUT2D eigenvalue weighted by molar-refractivity contribution is 0.111. The number of nitrogens with zero attached hydrogens (tertiary/aromatic N) is 3. The smallest absolute Gasteiger partial charge is 0.354 e. The summed E-state index contributed by atoms with van der Waals surface area (Å²) >= 11 is 0. The van der Waals surface area contributed by atoms with Crippen LogP contribution in [0.1, 0.15) is 0 Å². The van der Waals surface area contributed by atoms with Crippen LogP contribution in [0.5, 0.6) is 0 Å². The fourth-order valence-electron chi connectivity index (χ4n) is 2.20. The van der Waals surface area contributed by atoms with Crippen LogP contribution in [-0.4, -0.2) is 42.0 Å². The van der Waals surface area contributed by atoms with Crippen molar-refractivity contribution in [2.24, 2.45) is 0 Å². The Kier molecular flexibility index (Phi) is 3.18. The summed E-state index contributed by atoms with van der Waals surface area (Å²) in [6.07, 6.45) is 1.91. The molecule has 1 atom stereocenters. The van der Waals surface area contributed by atoms with Crippen molar-refractivity contribution in [1.29, 1.82) is 0 Å². The van der Waals surface area contributed by atoms with Crippen LogP contribution in [-0.2, 0) is 15.8 Å². The van der Waals surface area contributed by atoms with E-state index in [-0.39, 0.29) is 35.6 Å². The van der Waals surface area contributed by atoms with Crippen LogP contribution < -0.4 is 11.3 Å². The topological polar surface area (TPSA) is 156 Å². The summed E-state index contributed by atoms with van der Waals surface area (Å²) in [6.45, 7) is 0.192. The Hall–Kier alpha value is -2.00. The zero-order valence-corrected chi connectivity index (χ0v) is 11.5. The van der Waals surface area contributed by atoms with Crippen molar-refractivity contribution < 1.29 is 19.1 Å². The molecule has 11 heteroatoms. The van der Waals surface area contributed by atoms with Gasteiger partial charge in [-0.15, -0.1) is 0 Å². The molecule has 0 bridgehead atoms. The van der Waals surface area contributed by atoms with Gasteiger partial charge in [-0.05, 0) is 6.08 Å². The Morgan fingerprint density at radius 3 is 3.05 bits per heavy atom. The number of hydrogen-bond acceptors (Lipinski definition) is 6. The summed E-state index contributed by atoms with van der Waals surface area (Å²) in [6, 6.07) is 0. The average molecular weight is 313 g/mol. The number of aromatic amines is 1. The Bertz CT molecular complexity index is 834. The minimum absolute atomic E-state index is 0.0626. The highest BCUT2D eigenvalue weighted by atomic mass is 31.2. The number of anilines is 1. The van der Waals surface area contributed by atoms with Gasteiger partial charge in [0.1, 0.15) is 6.10 Å². The zero-order chi connectivity index (χ0) is 15.2. The number of nitrogen functional groups attached to an aromatic ring is 1. The fraction of sp³-hybridized carbons (Fsp3) is 0.300. The molecule has 10 nitrogen and oxygen atoms in total. The standard InChI is InChI=1S/C10H12N5O5P/c11-10-13-8-7(9(16)14-10)12-4-15(8)3-5-6(1-2-20-5)21(17,18)19/h1,4-5H,2-3H2,(H2,17,18,19)(H3,11,13,14,16)/t5-/m0/s1. The second-order valence-electron chi connectivity index (χ2n) is 4.52. The molecule has 0 aromatic carbocycles. The molecule has 5 N–H and O–H groups in total. The Labute approximate surface area is 117 Å². The van der Waals surface area contributed by atoms with Gasteiger partial charge in [0.2, 0.25) is 5.95 Å².